The molecule has 1 aromatic heterocycles. The first-order valence-corrected chi connectivity index (χ1v) is 7.45. The van der Waals surface area contributed by atoms with Gasteiger partial charge in [-0.25, -0.2) is 0 Å². The molecule has 1 aromatic carbocycles. The average Bonchev–Trinajstić information content (AvgIpc) is 2.86. The SMILES string of the molecule is Cc1nnc(C(C)Sc2cc3c(cc2Cl)OCCO3)o1. The molecule has 7 heteroatoms. The summed E-state index contributed by atoms with van der Waals surface area (Å²) in [5.74, 6) is 2.54. The second-order valence-corrected chi connectivity index (χ2v) is 6.14. The predicted octanol–water partition coefficient (Wildman–Crippen LogP) is 3.66. The van der Waals surface area contributed by atoms with Crippen molar-refractivity contribution in [3.8, 4) is 11.5 Å². The van der Waals surface area contributed by atoms with Gasteiger partial charge in [-0.3, -0.25) is 0 Å². The highest BCUT2D eigenvalue weighted by atomic mass is 35.5. The van der Waals surface area contributed by atoms with Crippen LogP contribution in [0.4, 0.5) is 0 Å². The molecule has 20 heavy (non-hydrogen) atoms. The van der Waals surface area contributed by atoms with Crippen LogP contribution in [-0.4, -0.2) is 23.4 Å². The molecule has 0 saturated carbocycles. The molecule has 1 unspecified atom stereocenters. The molecule has 0 spiro atoms. The largest absolute Gasteiger partial charge is 0.486 e. The van der Waals surface area contributed by atoms with Gasteiger partial charge in [-0.05, 0) is 13.0 Å². The number of thioether (sulfide) groups is 1. The highest BCUT2D eigenvalue weighted by Gasteiger charge is 2.19. The number of rotatable bonds is 3. The predicted molar refractivity (Wildman–Crippen MR) is 75.7 cm³/mol. The first kappa shape index (κ1) is 13.6. The third kappa shape index (κ3) is 2.71. The standard InChI is InChI=1S/C13H13ClN2O3S/c1-7(13-16-15-8(2)19-13)20-12-6-11-10(5-9(12)14)17-3-4-18-11/h5-7H,3-4H2,1-2H3. The second kappa shape index (κ2) is 5.54. The van der Waals surface area contributed by atoms with Crippen LogP contribution in [0.15, 0.2) is 21.4 Å². The highest BCUT2D eigenvalue weighted by Crippen LogP contribution is 2.43. The summed E-state index contributed by atoms with van der Waals surface area (Å²) in [4.78, 5) is 0.902. The van der Waals surface area contributed by atoms with Crippen molar-refractivity contribution in [3.05, 3.63) is 28.9 Å². The van der Waals surface area contributed by atoms with Gasteiger partial charge in [-0.15, -0.1) is 22.0 Å². The lowest BCUT2D eigenvalue weighted by molar-refractivity contribution is 0.171. The Bertz CT molecular complexity index is 632. The van der Waals surface area contributed by atoms with E-state index < -0.39 is 0 Å². The number of fused-ring (bicyclic) bond motifs is 1. The number of hydrogen-bond donors (Lipinski definition) is 0. The Labute approximate surface area is 125 Å². The summed E-state index contributed by atoms with van der Waals surface area (Å²) in [6.07, 6.45) is 0. The molecule has 1 aliphatic heterocycles. The minimum absolute atomic E-state index is 0.0104. The zero-order chi connectivity index (χ0) is 14.1. The summed E-state index contributed by atoms with van der Waals surface area (Å²) >= 11 is 7.82. The molecule has 0 fully saturated rings. The maximum Gasteiger partial charge on any atom is 0.229 e. The minimum Gasteiger partial charge on any atom is -0.486 e. The van der Waals surface area contributed by atoms with Crippen molar-refractivity contribution in [2.24, 2.45) is 0 Å². The van der Waals surface area contributed by atoms with Crippen molar-refractivity contribution in [2.45, 2.75) is 24.0 Å². The van der Waals surface area contributed by atoms with Gasteiger partial charge in [0.15, 0.2) is 11.5 Å². The smallest absolute Gasteiger partial charge is 0.229 e. The third-order valence-electron chi connectivity index (χ3n) is 2.79. The van der Waals surface area contributed by atoms with Crippen LogP contribution in [0.2, 0.25) is 5.02 Å². The van der Waals surface area contributed by atoms with E-state index in [1.165, 1.54) is 0 Å². The van der Waals surface area contributed by atoms with Crippen molar-refractivity contribution < 1.29 is 13.9 Å². The van der Waals surface area contributed by atoms with E-state index in [-0.39, 0.29) is 5.25 Å². The number of nitrogens with zero attached hydrogens (tertiary/aromatic N) is 2. The number of halogens is 1. The molecule has 1 aliphatic rings. The summed E-state index contributed by atoms with van der Waals surface area (Å²) in [6, 6.07) is 3.67. The average molecular weight is 313 g/mol. The molecular formula is C13H13ClN2O3S. The molecule has 0 N–H and O–H groups in total. The van der Waals surface area contributed by atoms with Gasteiger partial charge in [0.05, 0.1) is 10.3 Å². The summed E-state index contributed by atoms with van der Waals surface area (Å²) in [7, 11) is 0. The van der Waals surface area contributed by atoms with Crippen LogP contribution in [0.25, 0.3) is 0 Å². The molecule has 2 heterocycles. The number of ether oxygens (including phenoxy) is 2. The molecule has 0 radical (unpaired) electrons. The van der Waals surface area contributed by atoms with Gasteiger partial charge < -0.3 is 13.9 Å². The normalized spacial score (nSPS) is 15.2. The molecule has 106 valence electrons. The Morgan fingerprint density at radius 3 is 2.55 bits per heavy atom. The quantitative estimate of drug-likeness (QED) is 0.806. The highest BCUT2D eigenvalue weighted by molar-refractivity contribution is 7.99. The van der Waals surface area contributed by atoms with E-state index in [2.05, 4.69) is 10.2 Å². The van der Waals surface area contributed by atoms with E-state index in [1.54, 1.807) is 24.8 Å². The van der Waals surface area contributed by atoms with Crippen molar-refractivity contribution >= 4 is 23.4 Å². The topological polar surface area (TPSA) is 57.4 Å². The van der Waals surface area contributed by atoms with Crippen LogP contribution in [0.5, 0.6) is 11.5 Å². The fraction of sp³-hybridized carbons (Fsp3) is 0.385. The molecular weight excluding hydrogens is 300 g/mol. The Kier molecular flexibility index (Phi) is 3.76. The summed E-state index contributed by atoms with van der Waals surface area (Å²) in [5.41, 5.74) is 0. The second-order valence-electron chi connectivity index (χ2n) is 4.35. The van der Waals surface area contributed by atoms with Crippen molar-refractivity contribution in [2.75, 3.05) is 13.2 Å². The van der Waals surface area contributed by atoms with Gasteiger partial charge in [-0.2, -0.15) is 0 Å². The van der Waals surface area contributed by atoms with Gasteiger partial charge in [0.1, 0.15) is 13.2 Å². The Hall–Kier alpha value is -1.40. The number of aryl methyl sites for hydroxylation is 1. The van der Waals surface area contributed by atoms with Gasteiger partial charge in [0.25, 0.3) is 0 Å². The summed E-state index contributed by atoms with van der Waals surface area (Å²) in [6.45, 7) is 4.86. The Balaban J connectivity index is 1.83. The number of benzene rings is 1. The van der Waals surface area contributed by atoms with E-state index in [1.807, 2.05) is 13.0 Å². The van der Waals surface area contributed by atoms with Crippen LogP contribution in [-0.2, 0) is 0 Å². The lowest BCUT2D eigenvalue weighted by Crippen LogP contribution is -2.15. The zero-order valence-electron chi connectivity index (χ0n) is 11.1. The first-order chi connectivity index (χ1) is 9.63. The van der Waals surface area contributed by atoms with Crippen LogP contribution in [0.1, 0.15) is 24.0 Å². The van der Waals surface area contributed by atoms with Crippen LogP contribution in [0, 0.1) is 6.92 Å². The van der Waals surface area contributed by atoms with Gasteiger partial charge in [0.2, 0.25) is 11.8 Å². The maximum atomic E-state index is 6.27. The summed E-state index contributed by atoms with van der Waals surface area (Å²) in [5, 5.41) is 8.49. The van der Waals surface area contributed by atoms with E-state index in [0.29, 0.717) is 35.8 Å². The Morgan fingerprint density at radius 1 is 1.20 bits per heavy atom. The molecule has 1 atom stereocenters. The molecule has 0 aliphatic carbocycles. The van der Waals surface area contributed by atoms with Crippen molar-refractivity contribution in [1.29, 1.82) is 0 Å². The van der Waals surface area contributed by atoms with Crippen LogP contribution >= 0.6 is 23.4 Å². The van der Waals surface area contributed by atoms with E-state index in [9.17, 15) is 0 Å². The van der Waals surface area contributed by atoms with Gasteiger partial charge >= 0.3 is 0 Å². The zero-order valence-corrected chi connectivity index (χ0v) is 12.6. The van der Waals surface area contributed by atoms with Crippen molar-refractivity contribution in [3.63, 3.8) is 0 Å². The fourth-order valence-corrected chi connectivity index (χ4v) is 3.06. The van der Waals surface area contributed by atoms with E-state index >= 15 is 0 Å². The number of aromatic nitrogens is 2. The maximum absolute atomic E-state index is 6.27. The molecule has 5 nitrogen and oxygen atoms in total. The summed E-state index contributed by atoms with van der Waals surface area (Å²) < 4.78 is 16.5. The lowest BCUT2D eigenvalue weighted by atomic mass is 10.3. The molecule has 0 bridgehead atoms. The number of hydrogen-bond acceptors (Lipinski definition) is 6. The minimum atomic E-state index is 0.0104. The Morgan fingerprint density at radius 2 is 1.90 bits per heavy atom. The van der Waals surface area contributed by atoms with E-state index in [4.69, 9.17) is 25.5 Å². The van der Waals surface area contributed by atoms with E-state index in [0.717, 1.165) is 10.6 Å². The van der Waals surface area contributed by atoms with Gasteiger partial charge in [0, 0.05) is 17.9 Å². The van der Waals surface area contributed by atoms with Gasteiger partial charge in [-0.1, -0.05) is 11.6 Å². The monoisotopic (exact) mass is 312 g/mol. The lowest BCUT2D eigenvalue weighted by Gasteiger charge is -2.20. The molecule has 2 aromatic rings. The molecule has 0 amide bonds. The molecule has 0 saturated heterocycles. The fourth-order valence-electron chi connectivity index (χ4n) is 1.85. The van der Waals surface area contributed by atoms with Crippen molar-refractivity contribution in [1.82, 2.24) is 10.2 Å². The van der Waals surface area contributed by atoms with Crippen LogP contribution in [0.3, 0.4) is 0 Å². The molecule has 3 rings (SSSR count). The first-order valence-electron chi connectivity index (χ1n) is 6.19. The third-order valence-corrected chi connectivity index (χ3v) is 4.36. The van der Waals surface area contributed by atoms with Crippen LogP contribution < -0.4 is 9.47 Å².